The van der Waals surface area contributed by atoms with Crippen molar-refractivity contribution in [2.45, 2.75) is 6.92 Å². The number of anilines is 3. The third kappa shape index (κ3) is 2.19. The smallest absolute Gasteiger partial charge is 0.239 e. The molecule has 0 atom stereocenters. The molecular weight excluding hydrogens is 270 g/mol. The maximum absolute atomic E-state index is 5.45. The van der Waals surface area contributed by atoms with Crippen molar-refractivity contribution in [1.82, 2.24) is 9.97 Å². The van der Waals surface area contributed by atoms with Crippen LogP contribution in [0.25, 0.3) is 10.2 Å². The fourth-order valence-electron chi connectivity index (χ4n) is 2.03. The molecule has 0 aliphatic heterocycles. The van der Waals surface area contributed by atoms with Crippen molar-refractivity contribution in [2.75, 3.05) is 17.4 Å². The van der Waals surface area contributed by atoms with Crippen LogP contribution in [-0.2, 0) is 0 Å². The highest BCUT2D eigenvalue weighted by Gasteiger charge is 2.13. The van der Waals surface area contributed by atoms with Crippen molar-refractivity contribution in [3.8, 4) is 0 Å². The molecule has 0 saturated heterocycles. The second-order valence-corrected chi connectivity index (χ2v) is 5.46. The van der Waals surface area contributed by atoms with Crippen LogP contribution < -0.4 is 16.2 Å². The van der Waals surface area contributed by atoms with Gasteiger partial charge in [0.05, 0.1) is 10.2 Å². The van der Waals surface area contributed by atoms with E-state index in [1.54, 1.807) is 11.3 Å². The molecule has 2 heterocycles. The van der Waals surface area contributed by atoms with Gasteiger partial charge in [0.15, 0.2) is 5.82 Å². The maximum Gasteiger partial charge on any atom is 0.239 e. The Balaban J connectivity index is 2.12. The van der Waals surface area contributed by atoms with Crippen LogP contribution in [0.3, 0.4) is 0 Å². The summed E-state index contributed by atoms with van der Waals surface area (Å²) in [4.78, 5) is 10.9. The van der Waals surface area contributed by atoms with Crippen LogP contribution in [0.5, 0.6) is 0 Å². The molecule has 3 N–H and O–H groups in total. The first-order valence-electron chi connectivity index (χ1n) is 6.21. The fourth-order valence-corrected chi connectivity index (χ4v) is 2.89. The molecule has 0 aliphatic carbocycles. The van der Waals surface area contributed by atoms with Crippen molar-refractivity contribution in [3.63, 3.8) is 0 Å². The van der Waals surface area contributed by atoms with Gasteiger partial charge in [0.2, 0.25) is 5.95 Å². The van der Waals surface area contributed by atoms with E-state index >= 15 is 0 Å². The number of aryl methyl sites for hydroxylation is 1. The third-order valence-corrected chi connectivity index (χ3v) is 4.05. The molecule has 0 spiro atoms. The number of hydrazine groups is 1. The van der Waals surface area contributed by atoms with E-state index in [-0.39, 0.29) is 0 Å². The van der Waals surface area contributed by atoms with Gasteiger partial charge in [0, 0.05) is 12.7 Å². The van der Waals surface area contributed by atoms with Crippen LogP contribution in [0.1, 0.15) is 5.56 Å². The van der Waals surface area contributed by atoms with Crippen LogP contribution in [0.2, 0.25) is 0 Å². The fraction of sp³-hybridized carbons (Fsp3) is 0.143. The summed E-state index contributed by atoms with van der Waals surface area (Å²) in [5.74, 6) is 6.72. The highest BCUT2D eigenvalue weighted by Crippen LogP contribution is 2.33. The summed E-state index contributed by atoms with van der Waals surface area (Å²) in [6.45, 7) is 2.07. The molecule has 6 heteroatoms. The molecule has 102 valence electrons. The number of hydrogen-bond acceptors (Lipinski definition) is 6. The summed E-state index contributed by atoms with van der Waals surface area (Å²) >= 11 is 1.62. The predicted molar refractivity (Wildman–Crippen MR) is 84.5 cm³/mol. The van der Waals surface area contributed by atoms with Gasteiger partial charge in [-0.2, -0.15) is 4.98 Å². The predicted octanol–water partition coefficient (Wildman–Crippen LogP) is 3.05. The van der Waals surface area contributed by atoms with E-state index in [2.05, 4.69) is 46.6 Å². The van der Waals surface area contributed by atoms with Crippen LogP contribution in [0.4, 0.5) is 17.5 Å². The van der Waals surface area contributed by atoms with Gasteiger partial charge in [-0.05, 0) is 30.5 Å². The molecule has 3 aromatic rings. The molecule has 0 fully saturated rings. The van der Waals surface area contributed by atoms with Gasteiger partial charge in [-0.1, -0.05) is 17.7 Å². The summed E-state index contributed by atoms with van der Waals surface area (Å²) in [6, 6.07) is 10.3. The Morgan fingerprint density at radius 2 is 1.90 bits per heavy atom. The molecule has 1 aromatic carbocycles. The van der Waals surface area contributed by atoms with Gasteiger partial charge in [-0.15, -0.1) is 11.3 Å². The normalized spacial score (nSPS) is 10.8. The SMILES string of the molecule is Cc1ccc(N(C)c2nc(NN)nc3ccsc23)cc1. The Bertz CT molecular complexity index is 735. The number of nitrogens with zero attached hydrogens (tertiary/aromatic N) is 3. The number of nitrogen functional groups attached to an aromatic ring is 1. The lowest BCUT2D eigenvalue weighted by atomic mass is 10.2. The molecule has 0 bridgehead atoms. The first-order valence-corrected chi connectivity index (χ1v) is 7.09. The second kappa shape index (κ2) is 5.07. The van der Waals surface area contributed by atoms with E-state index in [4.69, 9.17) is 5.84 Å². The number of thiophene rings is 1. The summed E-state index contributed by atoms with van der Waals surface area (Å²) in [5, 5.41) is 2.01. The van der Waals surface area contributed by atoms with Gasteiger partial charge in [-0.3, -0.25) is 5.43 Å². The Hall–Kier alpha value is -2.18. The van der Waals surface area contributed by atoms with E-state index in [1.807, 2.05) is 23.4 Å². The largest absolute Gasteiger partial charge is 0.328 e. The molecule has 5 nitrogen and oxygen atoms in total. The topological polar surface area (TPSA) is 67.1 Å². The van der Waals surface area contributed by atoms with Crippen LogP contribution in [0.15, 0.2) is 35.7 Å². The average molecular weight is 285 g/mol. The molecule has 0 unspecified atom stereocenters. The van der Waals surface area contributed by atoms with Crippen LogP contribution in [-0.4, -0.2) is 17.0 Å². The van der Waals surface area contributed by atoms with Crippen LogP contribution in [0, 0.1) is 6.92 Å². The Labute approximate surface area is 121 Å². The van der Waals surface area contributed by atoms with Crippen molar-refractivity contribution >= 4 is 39.0 Å². The zero-order valence-electron chi connectivity index (χ0n) is 11.3. The lowest BCUT2D eigenvalue weighted by Gasteiger charge is -2.19. The highest BCUT2D eigenvalue weighted by molar-refractivity contribution is 7.17. The Morgan fingerprint density at radius 3 is 2.60 bits per heavy atom. The van der Waals surface area contributed by atoms with E-state index in [9.17, 15) is 0 Å². The molecule has 0 radical (unpaired) electrons. The second-order valence-electron chi connectivity index (χ2n) is 4.54. The molecule has 0 amide bonds. The lowest BCUT2D eigenvalue weighted by Crippen LogP contribution is -2.15. The molecule has 3 rings (SSSR count). The van der Waals surface area contributed by atoms with E-state index in [0.29, 0.717) is 5.95 Å². The number of nitrogens with one attached hydrogen (secondary N) is 1. The number of aromatic nitrogens is 2. The lowest BCUT2D eigenvalue weighted by molar-refractivity contribution is 1.09. The first kappa shape index (κ1) is 12.8. The van der Waals surface area contributed by atoms with Crippen molar-refractivity contribution in [3.05, 3.63) is 41.3 Å². The van der Waals surface area contributed by atoms with Gasteiger partial charge in [-0.25, -0.2) is 10.8 Å². The minimum atomic E-state index is 0.421. The number of rotatable bonds is 3. The minimum Gasteiger partial charge on any atom is -0.328 e. The average Bonchev–Trinajstić information content (AvgIpc) is 2.94. The van der Waals surface area contributed by atoms with Crippen molar-refractivity contribution in [2.24, 2.45) is 5.84 Å². The number of benzene rings is 1. The standard InChI is InChI=1S/C14H15N5S/c1-9-3-5-10(6-4-9)19(2)13-12-11(7-8-20-12)16-14(17-13)18-15/h3-8H,15H2,1-2H3,(H,16,17,18). The van der Waals surface area contributed by atoms with Gasteiger partial charge < -0.3 is 4.90 Å². The number of nitrogens with two attached hydrogens (primary N) is 1. The number of fused-ring (bicyclic) bond motifs is 1. The van der Waals surface area contributed by atoms with Gasteiger partial charge in [0.1, 0.15) is 0 Å². The van der Waals surface area contributed by atoms with Crippen molar-refractivity contribution in [1.29, 1.82) is 0 Å². The van der Waals surface area contributed by atoms with E-state index in [1.165, 1.54) is 5.56 Å². The molecule has 20 heavy (non-hydrogen) atoms. The summed E-state index contributed by atoms with van der Waals surface area (Å²) < 4.78 is 1.05. The Morgan fingerprint density at radius 1 is 1.15 bits per heavy atom. The molecule has 2 aromatic heterocycles. The molecule has 0 saturated carbocycles. The minimum absolute atomic E-state index is 0.421. The van der Waals surface area contributed by atoms with E-state index in [0.717, 1.165) is 21.7 Å². The van der Waals surface area contributed by atoms with Gasteiger partial charge >= 0.3 is 0 Å². The quantitative estimate of drug-likeness (QED) is 0.572. The monoisotopic (exact) mass is 285 g/mol. The van der Waals surface area contributed by atoms with Crippen LogP contribution >= 0.6 is 11.3 Å². The maximum atomic E-state index is 5.45. The third-order valence-electron chi connectivity index (χ3n) is 3.15. The zero-order valence-corrected chi connectivity index (χ0v) is 12.1. The van der Waals surface area contributed by atoms with Crippen molar-refractivity contribution < 1.29 is 0 Å². The molecule has 0 aliphatic rings. The van der Waals surface area contributed by atoms with Gasteiger partial charge in [0.25, 0.3) is 0 Å². The summed E-state index contributed by atoms with van der Waals surface area (Å²) in [5.41, 5.74) is 5.72. The first-order chi connectivity index (χ1) is 9.69. The molecular formula is C14H15N5S. The Kier molecular flexibility index (Phi) is 3.25. The summed E-state index contributed by atoms with van der Waals surface area (Å²) in [6.07, 6.45) is 0. The zero-order chi connectivity index (χ0) is 14.1. The highest BCUT2D eigenvalue weighted by atomic mass is 32.1. The summed E-state index contributed by atoms with van der Waals surface area (Å²) in [7, 11) is 1.99. The number of hydrogen-bond donors (Lipinski definition) is 2. The van der Waals surface area contributed by atoms with E-state index < -0.39 is 0 Å².